The average Bonchev–Trinajstić information content (AvgIpc) is 1.82. The monoisotopic (exact) mass is 129 g/mol. The minimum absolute atomic E-state index is 0.393. The van der Waals surface area contributed by atoms with Gasteiger partial charge in [-0.3, -0.25) is 4.79 Å². The van der Waals surface area contributed by atoms with E-state index in [-0.39, 0.29) is 0 Å². The molecule has 0 atom stereocenters. The van der Waals surface area contributed by atoms with Gasteiger partial charge in [-0.2, -0.15) is 5.10 Å². The fourth-order valence-corrected chi connectivity index (χ4v) is 0.371. The molecule has 0 saturated carbocycles. The zero-order chi connectivity index (χ0) is 7.28. The van der Waals surface area contributed by atoms with Crippen LogP contribution >= 0.6 is 0 Å². The predicted molar refractivity (Wildman–Crippen MR) is 35.7 cm³/mol. The number of nitrogens with two attached hydrogens (primary N) is 1. The first-order valence-electron chi connectivity index (χ1n) is 2.73. The Balaban J connectivity index is 3.82. The van der Waals surface area contributed by atoms with Gasteiger partial charge in [0.1, 0.15) is 5.84 Å². The van der Waals surface area contributed by atoms with Crippen LogP contribution in [0.15, 0.2) is 5.10 Å². The minimum Gasteiger partial charge on any atom is -0.386 e. The molecule has 1 amide bonds. The lowest BCUT2D eigenvalue weighted by molar-refractivity contribution is -0.118. The molecule has 0 spiro atoms. The molecule has 0 aromatic heterocycles. The first-order valence-corrected chi connectivity index (χ1v) is 2.73. The third-order valence-electron chi connectivity index (χ3n) is 0.732. The lowest BCUT2D eigenvalue weighted by Crippen LogP contribution is -2.19. The van der Waals surface area contributed by atoms with Crippen molar-refractivity contribution in [2.75, 3.05) is 6.54 Å². The van der Waals surface area contributed by atoms with Crippen molar-refractivity contribution in [1.29, 1.82) is 0 Å². The Kier molecular flexibility index (Phi) is 3.43. The van der Waals surface area contributed by atoms with Gasteiger partial charge >= 0.3 is 0 Å². The predicted octanol–water partition coefficient (Wildman–Crippen LogP) is -0.243. The maximum absolute atomic E-state index is 10.0. The van der Waals surface area contributed by atoms with E-state index in [0.29, 0.717) is 18.8 Å². The van der Waals surface area contributed by atoms with E-state index in [2.05, 4.69) is 5.10 Å². The number of amides is 1. The molecular weight excluding hydrogens is 118 g/mol. The first kappa shape index (κ1) is 7.94. The summed E-state index contributed by atoms with van der Waals surface area (Å²) in [6, 6.07) is 0. The lowest BCUT2D eigenvalue weighted by Gasteiger charge is -2.05. The normalized spacial score (nSPS) is 11.1. The van der Waals surface area contributed by atoms with Gasteiger partial charge in [-0.15, -0.1) is 0 Å². The van der Waals surface area contributed by atoms with Gasteiger partial charge in [0, 0.05) is 6.54 Å². The number of rotatable bonds is 3. The Morgan fingerprint density at radius 2 is 2.44 bits per heavy atom. The molecule has 0 aliphatic rings. The summed E-state index contributed by atoms with van der Waals surface area (Å²) in [6.45, 7) is 4.00. The van der Waals surface area contributed by atoms with E-state index < -0.39 is 0 Å². The summed E-state index contributed by atoms with van der Waals surface area (Å²) in [5.41, 5.74) is 5.19. The average molecular weight is 129 g/mol. The van der Waals surface area contributed by atoms with Crippen LogP contribution in [0.25, 0.3) is 0 Å². The SMILES string of the molecule is CCN(C=O)N=C(C)N. The second kappa shape index (κ2) is 3.88. The van der Waals surface area contributed by atoms with E-state index in [0.717, 1.165) is 0 Å². The van der Waals surface area contributed by atoms with Crippen LogP contribution in [0.2, 0.25) is 0 Å². The van der Waals surface area contributed by atoms with Crippen LogP contribution in [0, 0.1) is 0 Å². The fourth-order valence-electron chi connectivity index (χ4n) is 0.371. The van der Waals surface area contributed by atoms with E-state index in [4.69, 9.17) is 5.73 Å². The molecule has 0 unspecified atom stereocenters. The van der Waals surface area contributed by atoms with E-state index in [1.54, 1.807) is 6.92 Å². The number of amidine groups is 1. The van der Waals surface area contributed by atoms with Crippen LogP contribution in [0.3, 0.4) is 0 Å². The Labute approximate surface area is 54.3 Å². The molecule has 4 nitrogen and oxygen atoms in total. The van der Waals surface area contributed by atoms with Crippen molar-refractivity contribution in [3.63, 3.8) is 0 Å². The second-order valence-electron chi connectivity index (χ2n) is 1.60. The van der Waals surface area contributed by atoms with Crippen molar-refractivity contribution in [2.45, 2.75) is 13.8 Å². The summed E-state index contributed by atoms with van der Waals surface area (Å²) in [7, 11) is 0. The van der Waals surface area contributed by atoms with Crippen molar-refractivity contribution in [3.8, 4) is 0 Å². The summed E-state index contributed by atoms with van der Waals surface area (Å²) < 4.78 is 0. The highest BCUT2D eigenvalue weighted by molar-refractivity contribution is 5.77. The quantitative estimate of drug-likeness (QED) is 0.247. The molecule has 4 heteroatoms. The summed E-state index contributed by atoms with van der Waals surface area (Å²) >= 11 is 0. The molecule has 0 aliphatic carbocycles. The maximum Gasteiger partial charge on any atom is 0.229 e. The molecule has 9 heavy (non-hydrogen) atoms. The molecule has 0 aliphatic heterocycles. The molecule has 0 aromatic carbocycles. The second-order valence-corrected chi connectivity index (χ2v) is 1.60. The number of nitrogens with zero attached hydrogens (tertiary/aromatic N) is 2. The van der Waals surface area contributed by atoms with Crippen molar-refractivity contribution in [3.05, 3.63) is 0 Å². The molecule has 0 saturated heterocycles. The molecular formula is C5H11N3O. The smallest absolute Gasteiger partial charge is 0.229 e. The van der Waals surface area contributed by atoms with Crippen molar-refractivity contribution in [2.24, 2.45) is 10.8 Å². The molecule has 0 radical (unpaired) electrons. The summed E-state index contributed by atoms with van der Waals surface area (Å²) in [5.74, 6) is 0.393. The fraction of sp³-hybridized carbons (Fsp3) is 0.600. The van der Waals surface area contributed by atoms with Gasteiger partial charge in [0.2, 0.25) is 6.41 Å². The van der Waals surface area contributed by atoms with Crippen LogP contribution in [-0.2, 0) is 4.79 Å². The van der Waals surface area contributed by atoms with Crippen molar-refractivity contribution >= 4 is 12.2 Å². The van der Waals surface area contributed by atoms with Gasteiger partial charge < -0.3 is 5.73 Å². The van der Waals surface area contributed by atoms with Crippen molar-refractivity contribution < 1.29 is 4.79 Å². The zero-order valence-electron chi connectivity index (χ0n) is 5.66. The molecule has 0 aromatic rings. The maximum atomic E-state index is 10.0. The van der Waals surface area contributed by atoms with Crippen LogP contribution in [0.4, 0.5) is 0 Å². The number of carbonyl (C=O) groups is 1. The minimum atomic E-state index is 0.393. The molecule has 0 bridgehead atoms. The highest BCUT2D eigenvalue weighted by atomic mass is 16.1. The summed E-state index contributed by atoms with van der Waals surface area (Å²) in [4.78, 5) is 10.0. The van der Waals surface area contributed by atoms with Gasteiger partial charge in [0.25, 0.3) is 0 Å². The Bertz CT molecular complexity index is 117. The van der Waals surface area contributed by atoms with Gasteiger partial charge in [-0.25, -0.2) is 5.01 Å². The van der Waals surface area contributed by atoms with E-state index in [1.807, 2.05) is 6.92 Å². The Morgan fingerprint density at radius 3 is 2.56 bits per heavy atom. The molecule has 2 N–H and O–H groups in total. The largest absolute Gasteiger partial charge is 0.386 e. The number of hydrogen-bond donors (Lipinski definition) is 1. The summed E-state index contributed by atoms with van der Waals surface area (Å²) in [6.07, 6.45) is 0.635. The van der Waals surface area contributed by atoms with Crippen LogP contribution in [-0.4, -0.2) is 23.8 Å². The van der Waals surface area contributed by atoms with Gasteiger partial charge in [-0.1, -0.05) is 0 Å². The molecule has 52 valence electrons. The number of hydrazone groups is 1. The molecule has 0 heterocycles. The van der Waals surface area contributed by atoms with Gasteiger partial charge in [-0.05, 0) is 13.8 Å². The van der Waals surface area contributed by atoms with Gasteiger partial charge in [0.05, 0.1) is 0 Å². The molecule has 0 rings (SSSR count). The third kappa shape index (κ3) is 3.52. The number of carbonyl (C=O) groups excluding carboxylic acids is 1. The number of hydrogen-bond acceptors (Lipinski definition) is 2. The first-order chi connectivity index (χ1) is 4.20. The highest BCUT2D eigenvalue weighted by Gasteiger charge is 1.90. The Morgan fingerprint density at radius 1 is 1.89 bits per heavy atom. The topological polar surface area (TPSA) is 58.7 Å². The zero-order valence-corrected chi connectivity index (χ0v) is 5.66. The van der Waals surface area contributed by atoms with E-state index in [1.165, 1.54) is 5.01 Å². The third-order valence-corrected chi connectivity index (χ3v) is 0.732. The van der Waals surface area contributed by atoms with Crippen LogP contribution in [0.5, 0.6) is 0 Å². The Hall–Kier alpha value is -1.06. The van der Waals surface area contributed by atoms with Crippen LogP contribution < -0.4 is 5.73 Å². The standard InChI is InChI=1S/C5H11N3O/c1-3-8(4-9)7-5(2)6/h4H,3H2,1-2H3,(H2,6,7). The van der Waals surface area contributed by atoms with Gasteiger partial charge in [0.15, 0.2) is 0 Å². The van der Waals surface area contributed by atoms with Crippen LogP contribution in [0.1, 0.15) is 13.8 Å². The van der Waals surface area contributed by atoms with E-state index in [9.17, 15) is 4.79 Å². The van der Waals surface area contributed by atoms with E-state index >= 15 is 0 Å². The lowest BCUT2D eigenvalue weighted by atomic mass is 10.7. The summed E-state index contributed by atoms with van der Waals surface area (Å²) in [5, 5.41) is 4.91. The van der Waals surface area contributed by atoms with Crippen molar-refractivity contribution in [1.82, 2.24) is 5.01 Å². The molecule has 0 fully saturated rings. The highest BCUT2D eigenvalue weighted by Crippen LogP contribution is 1.80.